The number of aldehydes is 1. The van der Waals surface area contributed by atoms with Crippen molar-refractivity contribution in [2.45, 2.75) is 64.7 Å². The van der Waals surface area contributed by atoms with Crippen LogP contribution in [0, 0.1) is 0 Å². The third-order valence-electron chi connectivity index (χ3n) is 3.48. The molecule has 0 heterocycles. The molecule has 0 saturated carbocycles. The monoisotopic (exact) mass is 276 g/mol. The van der Waals surface area contributed by atoms with Gasteiger partial charge in [0.15, 0.2) is 0 Å². The molecular formula is C18H28O2. The van der Waals surface area contributed by atoms with Crippen LogP contribution in [0.2, 0.25) is 0 Å². The van der Waals surface area contributed by atoms with Crippen molar-refractivity contribution in [3.8, 4) is 5.75 Å². The molecule has 0 saturated heterocycles. The van der Waals surface area contributed by atoms with Gasteiger partial charge in [0.2, 0.25) is 0 Å². The highest BCUT2D eigenvalue weighted by atomic mass is 16.5. The van der Waals surface area contributed by atoms with Gasteiger partial charge >= 0.3 is 0 Å². The van der Waals surface area contributed by atoms with Gasteiger partial charge in [-0.2, -0.15) is 0 Å². The lowest BCUT2D eigenvalue weighted by atomic mass is 10.0. The standard InChI is InChI=1S/C18H28O2/c1-2-3-4-5-6-7-10-17-11-13-18(14-12-17)20-16-9-8-15-19/h11-15H,2-10,16H2,1H3. The van der Waals surface area contributed by atoms with Gasteiger partial charge in [0.25, 0.3) is 0 Å². The Labute approximate surface area is 123 Å². The van der Waals surface area contributed by atoms with Crippen molar-refractivity contribution >= 4 is 6.29 Å². The number of rotatable bonds is 12. The summed E-state index contributed by atoms with van der Waals surface area (Å²) in [6.07, 6.45) is 11.5. The van der Waals surface area contributed by atoms with Crippen molar-refractivity contribution in [3.05, 3.63) is 29.8 Å². The average molecular weight is 276 g/mol. The van der Waals surface area contributed by atoms with E-state index in [2.05, 4.69) is 19.1 Å². The number of unbranched alkanes of at least 4 members (excludes halogenated alkanes) is 6. The fraction of sp³-hybridized carbons (Fsp3) is 0.611. The smallest absolute Gasteiger partial charge is 0.120 e. The van der Waals surface area contributed by atoms with E-state index < -0.39 is 0 Å². The second-order valence-corrected chi connectivity index (χ2v) is 5.32. The first-order valence-electron chi connectivity index (χ1n) is 8.02. The Morgan fingerprint density at radius 2 is 1.65 bits per heavy atom. The van der Waals surface area contributed by atoms with Crippen molar-refractivity contribution < 1.29 is 9.53 Å². The Morgan fingerprint density at radius 1 is 0.950 bits per heavy atom. The molecule has 1 aromatic carbocycles. The van der Waals surface area contributed by atoms with Gasteiger partial charge in [0, 0.05) is 6.42 Å². The topological polar surface area (TPSA) is 26.3 Å². The summed E-state index contributed by atoms with van der Waals surface area (Å²) in [4.78, 5) is 10.2. The number of carbonyl (C=O) groups excluding carboxylic acids is 1. The Hall–Kier alpha value is -1.31. The maximum Gasteiger partial charge on any atom is 0.120 e. The van der Waals surface area contributed by atoms with E-state index >= 15 is 0 Å². The third-order valence-corrected chi connectivity index (χ3v) is 3.48. The molecule has 0 fully saturated rings. The molecule has 0 atom stereocenters. The van der Waals surface area contributed by atoms with Crippen molar-refractivity contribution in [2.24, 2.45) is 0 Å². The molecular weight excluding hydrogens is 248 g/mol. The predicted octanol–water partition coefficient (Wildman–Crippen LogP) is 4.95. The van der Waals surface area contributed by atoms with Crippen molar-refractivity contribution in [3.63, 3.8) is 0 Å². The molecule has 0 N–H and O–H groups in total. The van der Waals surface area contributed by atoms with E-state index in [0.717, 1.165) is 24.9 Å². The molecule has 0 aliphatic heterocycles. The minimum absolute atomic E-state index is 0.579. The zero-order valence-electron chi connectivity index (χ0n) is 12.8. The van der Waals surface area contributed by atoms with Gasteiger partial charge in [-0.1, -0.05) is 51.2 Å². The summed E-state index contributed by atoms with van der Waals surface area (Å²) in [7, 11) is 0. The number of aryl methyl sites for hydroxylation is 1. The zero-order valence-corrected chi connectivity index (χ0v) is 12.8. The van der Waals surface area contributed by atoms with E-state index in [0.29, 0.717) is 13.0 Å². The van der Waals surface area contributed by atoms with Gasteiger partial charge in [-0.3, -0.25) is 0 Å². The van der Waals surface area contributed by atoms with Gasteiger partial charge in [0.05, 0.1) is 6.61 Å². The summed E-state index contributed by atoms with van der Waals surface area (Å²) in [5.41, 5.74) is 1.39. The highest BCUT2D eigenvalue weighted by Gasteiger charge is 1.97. The number of hydrogen-bond donors (Lipinski definition) is 0. The molecule has 0 spiro atoms. The second-order valence-electron chi connectivity index (χ2n) is 5.32. The molecule has 0 aromatic heterocycles. The number of benzene rings is 1. The summed E-state index contributed by atoms with van der Waals surface area (Å²) < 4.78 is 5.57. The molecule has 0 aliphatic rings. The first-order chi connectivity index (χ1) is 9.86. The lowest BCUT2D eigenvalue weighted by molar-refractivity contribution is -0.108. The average Bonchev–Trinajstić information content (AvgIpc) is 2.49. The Bertz CT molecular complexity index is 343. The van der Waals surface area contributed by atoms with Crippen molar-refractivity contribution in [1.29, 1.82) is 0 Å². The molecule has 112 valence electrons. The van der Waals surface area contributed by atoms with Crippen LogP contribution in [-0.4, -0.2) is 12.9 Å². The van der Waals surface area contributed by atoms with Crippen LogP contribution in [0.4, 0.5) is 0 Å². The van der Waals surface area contributed by atoms with Gasteiger partial charge in [-0.15, -0.1) is 0 Å². The van der Waals surface area contributed by atoms with Crippen LogP contribution < -0.4 is 4.74 Å². The van der Waals surface area contributed by atoms with E-state index in [1.165, 1.54) is 44.1 Å². The molecule has 1 rings (SSSR count). The Morgan fingerprint density at radius 3 is 2.35 bits per heavy atom. The largest absolute Gasteiger partial charge is 0.494 e. The van der Waals surface area contributed by atoms with E-state index in [-0.39, 0.29) is 0 Å². The van der Waals surface area contributed by atoms with Crippen LogP contribution in [0.25, 0.3) is 0 Å². The summed E-state index contributed by atoms with van der Waals surface area (Å²) in [6, 6.07) is 8.38. The van der Waals surface area contributed by atoms with Gasteiger partial charge in [-0.25, -0.2) is 0 Å². The number of carbonyl (C=O) groups is 1. The number of ether oxygens (including phenoxy) is 1. The van der Waals surface area contributed by atoms with Gasteiger partial charge in [-0.05, 0) is 37.0 Å². The Kier molecular flexibility index (Phi) is 9.64. The maximum absolute atomic E-state index is 10.2. The quantitative estimate of drug-likeness (QED) is 0.399. The van der Waals surface area contributed by atoms with E-state index in [1.807, 2.05) is 12.1 Å². The number of hydrogen-bond acceptors (Lipinski definition) is 2. The summed E-state index contributed by atoms with van der Waals surface area (Å²) in [5, 5.41) is 0. The van der Waals surface area contributed by atoms with Crippen LogP contribution in [0.3, 0.4) is 0 Å². The minimum atomic E-state index is 0.579. The summed E-state index contributed by atoms with van der Waals surface area (Å²) in [5.74, 6) is 0.905. The molecule has 0 aliphatic carbocycles. The zero-order chi connectivity index (χ0) is 14.5. The molecule has 0 radical (unpaired) electrons. The molecule has 1 aromatic rings. The highest BCUT2D eigenvalue weighted by molar-refractivity contribution is 5.49. The summed E-state index contributed by atoms with van der Waals surface area (Å²) in [6.45, 7) is 2.87. The fourth-order valence-corrected chi connectivity index (χ4v) is 2.22. The highest BCUT2D eigenvalue weighted by Crippen LogP contribution is 2.15. The van der Waals surface area contributed by atoms with E-state index in [1.54, 1.807) is 0 Å². The molecule has 0 unspecified atom stereocenters. The maximum atomic E-state index is 10.2. The van der Waals surface area contributed by atoms with Crippen LogP contribution in [-0.2, 0) is 11.2 Å². The lowest BCUT2D eigenvalue weighted by Gasteiger charge is -2.06. The van der Waals surface area contributed by atoms with Gasteiger partial charge in [0.1, 0.15) is 12.0 Å². The van der Waals surface area contributed by atoms with Crippen molar-refractivity contribution in [1.82, 2.24) is 0 Å². The van der Waals surface area contributed by atoms with Crippen LogP contribution in [0.1, 0.15) is 63.9 Å². The summed E-state index contributed by atoms with van der Waals surface area (Å²) >= 11 is 0. The first kappa shape index (κ1) is 16.7. The molecule has 2 heteroatoms. The lowest BCUT2D eigenvalue weighted by Crippen LogP contribution is -1.97. The molecule has 2 nitrogen and oxygen atoms in total. The first-order valence-corrected chi connectivity index (χ1v) is 8.02. The molecule has 0 bridgehead atoms. The van der Waals surface area contributed by atoms with E-state index in [4.69, 9.17) is 4.74 Å². The normalized spacial score (nSPS) is 10.4. The molecule has 20 heavy (non-hydrogen) atoms. The van der Waals surface area contributed by atoms with Crippen LogP contribution in [0.5, 0.6) is 5.75 Å². The van der Waals surface area contributed by atoms with Crippen LogP contribution >= 0.6 is 0 Å². The second kappa shape index (κ2) is 11.5. The fourth-order valence-electron chi connectivity index (χ4n) is 2.22. The van der Waals surface area contributed by atoms with E-state index in [9.17, 15) is 4.79 Å². The van der Waals surface area contributed by atoms with Gasteiger partial charge < -0.3 is 9.53 Å². The predicted molar refractivity (Wildman–Crippen MR) is 84.3 cm³/mol. The SMILES string of the molecule is CCCCCCCCc1ccc(OCCCC=O)cc1. The minimum Gasteiger partial charge on any atom is -0.494 e. The third kappa shape index (κ3) is 7.98. The van der Waals surface area contributed by atoms with Crippen molar-refractivity contribution in [2.75, 3.05) is 6.61 Å². The van der Waals surface area contributed by atoms with Crippen LogP contribution in [0.15, 0.2) is 24.3 Å². The molecule has 0 amide bonds. The Balaban J connectivity index is 2.13.